The molecule has 0 saturated carbocycles. The fourth-order valence-electron chi connectivity index (χ4n) is 2.43. The summed E-state index contributed by atoms with van der Waals surface area (Å²) in [4.78, 5) is 37.6. The van der Waals surface area contributed by atoms with Crippen LogP contribution < -0.4 is 0 Å². The molecule has 3 heterocycles. The number of thiophene rings is 2. The molecule has 3 aromatic rings. The highest BCUT2D eigenvalue weighted by Gasteiger charge is 2.24. The summed E-state index contributed by atoms with van der Waals surface area (Å²) >= 11 is 2.61. The zero-order valence-electron chi connectivity index (χ0n) is 14.5. The van der Waals surface area contributed by atoms with Crippen molar-refractivity contribution in [1.29, 1.82) is 0 Å². The van der Waals surface area contributed by atoms with E-state index < -0.39 is 11.7 Å². The van der Waals surface area contributed by atoms with Crippen LogP contribution >= 0.6 is 22.7 Å². The molecule has 3 rings (SSSR count). The van der Waals surface area contributed by atoms with Crippen LogP contribution in [0.4, 0.5) is 4.79 Å². The number of nitrogens with zero attached hydrogens (tertiary/aromatic N) is 1. The fourth-order valence-corrected chi connectivity index (χ4v) is 4.11. The molecule has 0 N–H and O–H groups in total. The first kappa shape index (κ1) is 18.3. The van der Waals surface area contributed by atoms with E-state index in [4.69, 9.17) is 4.74 Å². The van der Waals surface area contributed by atoms with Crippen LogP contribution in [-0.2, 0) is 4.74 Å². The molecule has 0 amide bonds. The van der Waals surface area contributed by atoms with Crippen molar-refractivity contribution in [3.63, 3.8) is 0 Å². The van der Waals surface area contributed by atoms with Crippen molar-refractivity contribution in [3.8, 4) is 21.1 Å². The lowest BCUT2D eigenvalue weighted by molar-refractivity contribution is 0.0543. The first-order valence-corrected chi connectivity index (χ1v) is 9.51. The Labute approximate surface area is 158 Å². The van der Waals surface area contributed by atoms with Gasteiger partial charge in [-0.1, -0.05) is 0 Å². The van der Waals surface area contributed by atoms with Gasteiger partial charge in [0, 0.05) is 0 Å². The minimum absolute atomic E-state index is 0.505. The second-order valence-corrected chi connectivity index (χ2v) is 8.79. The summed E-state index contributed by atoms with van der Waals surface area (Å²) < 4.78 is 7.06. The van der Waals surface area contributed by atoms with E-state index in [1.165, 1.54) is 27.2 Å². The number of hydrogen-bond donors (Lipinski definition) is 0. The van der Waals surface area contributed by atoms with Crippen LogP contribution in [0.1, 0.15) is 40.1 Å². The van der Waals surface area contributed by atoms with Gasteiger partial charge in [0.25, 0.3) is 0 Å². The molecule has 0 aliphatic carbocycles. The molecule has 0 aromatic carbocycles. The van der Waals surface area contributed by atoms with Crippen LogP contribution in [0.25, 0.3) is 21.1 Å². The van der Waals surface area contributed by atoms with Crippen molar-refractivity contribution < 1.29 is 19.1 Å². The Morgan fingerprint density at radius 3 is 1.69 bits per heavy atom. The third-order valence-corrected chi connectivity index (χ3v) is 5.51. The third kappa shape index (κ3) is 3.68. The Hall–Kier alpha value is -2.51. The Morgan fingerprint density at radius 1 is 0.885 bits per heavy atom. The summed E-state index contributed by atoms with van der Waals surface area (Å²) in [6.45, 7) is 5.41. The van der Waals surface area contributed by atoms with Crippen LogP contribution in [0.5, 0.6) is 0 Å². The van der Waals surface area contributed by atoms with Crippen molar-refractivity contribution in [2.45, 2.75) is 26.4 Å². The van der Waals surface area contributed by atoms with Crippen LogP contribution in [0, 0.1) is 0 Å². The van der Waals surface area contributed by atoms with Gasteiger partial charge in [-0.25, -0.2) is 9.36 Å². The molecule has 0 aliphatic heterocycles. The van der Waals surface area contributed by atoms with E-state index in [0.717, 1.165) is 22.3 Å². The lowest BCUT2D eigenvalue weighted by atomic mass is 10.2. The minimum Gasteiger partial charge on any atom is -0.443 e. The van der Waals surface area contributed by atoms with Crippen molar-refractivity contribution in [1.82, 2.24) is 4.57 Å². The summed E-state index contributed by atoms with van der Waals surface area (Å²) in [6, 6.07) is 10.7. The van der Waals surface area contributed by atoms with E-state index in [1.54, 1.807) is 45.0 Å². The standard InChI is InChI=1S/C19H17NO4S2/c1-19(2,3)24-18(23)20-14(16-8-4-12(10-21)25-16)6-7-15(20)17-9-5-13(11-22)26-17/h4-11H,1-3H3. The topological polar surface area (TPSA) is 65.4 Å². The zero-order chi connectivity index (χ0) is 18.9. The van der Waals surface area contributed by atoms with Crippen molar-refractivity contribution in [2.24, 2.45) is 0 Å². The highest BCUT2D eigenvalue weighted by Crippen LogP contribution is 2.36. The van der Waals surface area contributed by atoms with Crippen molar-refractivity contribution in [3.05, 3.63) is 46.2 Å². The molecule has 0 radical (unpaired) electrons. The SMILES string of the molecule is CC(C)(C)OC(=O)n1c(-c2ccc(C=O)s2)ccc1-c1ccc(C=O)s1. The van der Waals surface area contributed by atoms with Gasteiger partial charge in [-0.3, -0.25) is 9.59 Å². The van der Waals surface area contributed by atoms with Gasteiger partial charge in [0.1, 0.15) is 5.60 Å². The number of aldehydes is 2. The highest BCUT2D eigenvalue weighted by molar-refractivity contribution is 7.17. The van der Waals surface area contributed by atoms with Gasteiger partial charge in [-0.15, -0.1) is 22.7 Å². The average molecular weight is 387 g/mol. The van der Waals surface area contributed by atoms with Crippen LogP contribution in [0.3, 0.4) is 0 Å². The Morgan fingerprint density at radius 2 is 1.35 bits per heavy atom. The third-order valence-electron chi connectivity index (χ3n) is 3.45. The second-order valence-electron chi connectivity index (χ2n) is 6.56. The van der Waals surface area contributed by atoms with E-state index >= 15 is 0 Å². The highest BCUT2D eigenvalue weighted by atomic mass is 32.1. The Bertz CT molecular complexity index is 908. The summed E-state index contributed by atoms with van der Waals surface area (Å²) in [7, 11) is 0. The van der Waals surface area contributed by atoms with Gasteiger partial charge in [0.2, 0.25) is 0 Å². The Kier molecular flexibility index (Phi) is 4.93. The molecule has 0 fully saturated rings. The molecule has 0 saturated heterocycles. The van der Waals surface area contributed by atoms with Crippen LogP contribution in [0.2, 0.25) is 0 Å². The predicted octanol–water partition coefficient (Wildman–Crippen LogP) is 5.35. The maximum atomic E-state index is 12.9. The molecule has 134 valence electrons. The smallest absolute Gasteiger partial charge is 0.419 e. The average Bonchev–Trinajstić information content (AvgIpc) is 3.30. The van der Waals surface area contributed by atoms with Gasteiger partial charge in [0.05, 0.1) is 30.9 Å². The number of carbonyl (C=O) groups is 3. The molecular weight excluding hydrogens is 370 g/mol. The van der Waals surface area contributed by atoms with Crippen molar-refractivity contribution in [2.75, 3.05) is 0 Å². The molecule has 0 unspecified atom stereocenters. The molecule has 7 heteroatoms. The predicted molar refractivity (Wildman–Crippen MR) is 103 cm³/mol. The number of rotatable bonds is 4. The van der Waals surface area contributed by atoms with E-state index in [1.807, 2.05) is 12.1 Å². The summed E-state index contributed by atoms with van der Waals surface area (Å²) in [5, 5.41) is 0. The Balaban J connectivity index is 2.14. The van der Waals surface area contributed by atoms with Crippen LogP contribution in [0.15, 0.2) is 36.4 Å². The maximum Gasteiger partial charge on any atom is 0.419 e. The molecule has 26 heavy (non-hydrogen) atoms. The molecule has 0 atom stereocenters. The lowest BCUT2D eigenvalue weighted by Crippen LogP contribution is -2.27. The molecular formula is C19H17NO4S2. The number of hydrogen-bond acceptors (Lipinski definition) is 6. The van der Waals surface area contributed by atoms with E-state index in [9.17, 15) is 14.4 Å². The summed E-state index contributed by atoms with van der Waals surface area (Å²) in [6.07, 6.45) is 1.06. The second kappa shape index (κ2) is 7.01. The lowest BCUT2D eigenvalue weighted by Gasteiger charge is -2.21. The molecule has 0 spiro atoms. The number of aromatic nitrogens is 1. The molecule has 3 aromatic heterocycles. The molecule has 0 aliphatic rings. The maximum absolute atomic E-state index is 12.9. The molecule has 5 nitrogen and oxygen atoms in total. The van der Waals surface area contributed by atoms with Crippen molar-refractivity contribution >= 4 is 41.3 Å². The van der Waals surface area contributed by atoms with Gasteiger partial charge >= 0.3 is 6.09 Å². The first-order chi connectivity index (χ1) is 12.3. The summed E-state index contributed by atoms with van der Waals surface area (Å²) in [5.41, 5.74) is 0.643. The minimum atomic E-state index is -0.650. The summed E-state index contributed by atoms with van der Waals surface area (Å²) in [5.74, 6) is 0. The zero-order valence-corrected chi connectivity index (χ0v) is 16.1. The van der Waals surface area contributed by atoms with E-state index in [2.05, 4.69) is 0 Å². The van der Waals surface area contributed by atoms with E-state index in [-0.39, 0.29) is 0 Å². The number of carbonyl (C=O) groups excluding carboxylic acids is 3. The fraction of sp³-hybridized carbons (Fsp3) is 0.211. The van der Waals surface area contributed by atoms with Crippen LogP contribution in [-0.4, -0.2) is 28.8 Å². The molecule has 0 bridgehead atoms. The largest absolute Gasteiger partial charge is 0.443 e. The van der Waals surface area contributed by atoms with E-state index in [0.29, 0.717) is 21.1 Å². The number of ether oxygens (including phenoxy) is 1. The monoisotopic (exact) mass is 387 g/mol. The van der Waals surface area contributed by atoms with Gasteiger partial charge in [-0.05, 0) is 57.2 Å². The normalized spacial score (nSPS) is 11.3. The van der Waals surface area contributed by atoms with Gasteiger partial charge < -0.3 is 4.74 Å². The quantitative estimate of drug-likeness (QED) is 0.566. The van der Waals surface area contributed by atoms with Gasteiger partial charge in [0.15, 0.2) is 12.6 Å². The van der Waals surface area contributed by atoms with Gasteiger partial charge in [-0.2, -0.15) is 0 Å². The first-order valence-electron chi connectivity index (χ1n) is 7.88.